The zero-order valence-electron chi connectivity index (χ0n) is 34.4. The van der Waals surface area contributed by atoms with Gasteiger partial charge in [-0.15, -0.1) is 6.58 Å². The second-order valence-electron chi connectivity index (χ2n) is 18.3. The number of likely N-dealkylation sites (tertiary alicyclic amines) is 1. The summed E-state index contributed by atoms with van der Waals surface area (Å²) in [5.74, 6) is -4.89. The summed E-state index contributed by atoms with van der Waals surface area (Å²) in [7, 11) is -2.31. The highest BCUT2D eigenvalue weighted by Gasteiger charge is 2.70. The molecule has 3 aliphatic rings. The van der Waals surface area contributed by atoms with Gasteiger partial charge in [0, 0.05) is 39.1 Å². The molecule has 318 valence electrons. The van der Waals surface area contributed by atoms with Crippen molar-refractivity contribution < 1.29 is 45.6 Å². The van der Waals surface area contributed by atoms with Crippen molar-refractivity contribution in [2.24, 2.45) is 28.6 Å². The Morgan fingerprint density at radius 3 is 2.07 bits per heavy atom. The first kappa shape index (κ1) is 45.7. The van der Waals surface area contributed by atoms with Gasteiger partial charge in [-0.1, -0.05) is 65.0 Å². The molecule has 0 spiro atoms. The van der Waals surface area contributed by atoms with E-state index in [1.165, 1.54) is 22.3 Å². The van der Waals surface area contributed by atoms with Crippen molar-refractivity contribution in [1.29, 1.82) is 0 Å². The fraction of sp³-hybridized carbons (Fsp3) is 0.675. The third kappa shape index (κ3) is 10.4. The van der Waals surface area contributed by atoms with Crippen molar-refractivity contribution in [2.75, 3.05) is 26.7 Å². The van der Waals surface area contributed by atoms with Gasteiger partial charge in [-0.05, 0) is 79.7 Å². The number of fused-ring (bicyclic) bond motifs is 2. The van der Waals surface area contributed by atoms with Crippen molar-refractivity contribution in [2.45, 2.75) is 116 Å². The van der Waals surface area contributed by atoms with Crippen LogP contribution in [0.1, 0.15) is 79.4 Å². The van der Waals surface area contributed by atoms with E-state index in [1.54, 1.807) is 20.8 Å². The normalized spacial score (nSPS) is 22.1. The van der Waals surface area contributed by atoms with Crippen molar-refractivity contribution in [3.05, 3.63) is 48.0 Å². The average Bonchev–Trinajstić information content (AvgIpc) is 3.45. The molecule has 1 unspecified atom stereocenters. The Hall–Kier alpha value is -3.99. The Balaban J connectivity index is 1.64. The van der Waals surface area contributed by atoms with Crippen molar-refractivity contribution >= 4 is 39.6 Å². The van der Waals surface area contributed by atoms with Crippen LogP contribution in [0.25, 0.3) is 0 Å². The summed E-state index contributed by atoms with van der Waals surface area (Å²) in [5.41, 5.74) is 0.930. The van der Waals surface area contributed by atoms with E-state index in [2.05, 4.69) is 27.8 Å². The predicted molar refractivity (Wildman–Crippen MR) is 209 cm³/mol. The molecule has 5 amide bonds. The monoisotopic (exact) mass is 824 g/mol. The number of sulfonamides is 1. The first-order chi connectivity index (χ1) is 26.1. The summed E-state index contributed by atoms with van der Waals surface area (Å²) in [4.78, 5) is 70.0. The minimum atomic E-state index is -4.68. The lowest BCUT2D eigenvalue weighted by Crippen LogP contribution is -2.62. The predicted octanol–water partition coefficient (Wildman–Crippen LogP) is 3.73. The van der Waals surface area contributed by atoms with E-state index in [1.807, 2.05) is 58.9 Å². The van der Waals surface area contributed by atoms with Gasteiger partial charge in [0.05, 0.1) is 10.8 Å². The molecule has 4 rings (SSSR count). The van der Waals surface area contributed by atoms with Crippen molar-refractivity contribution in [3.63, 3.8) is 0 Å². The maximum atomic E-state index is 14.8. The molecule has 1 aliphatic heterocycles. The van der Waals surface area contributed by atoms with E-state index >= 15 is 0 Å². The van der Waals surface area contributed by atoms with Gasteiger partial charge in [-0.25, -0.2) is 17.5 Å². The van der Waals surface area contributed by atoms with Crippen LogP contribution < -0.4 is 21.3 Å². The summed E-state index contributed by atoms with van der Waals surface area (Å²) >= 11 is 0. The number of alkyl halides is 3. The number of likely N-dealkylation sites (N-methyl/N-ethyl adjacent to an activating group) is 1. The van der Waals surface area contributed by atoms with E-state index in [-0.39, 0.29) is 25.6 Å². The van der Waals surface area contributed by atoms with Crippen molar-refractivity contribution in [3.8, 4) is 0 Å². The van der Waals surface area contributed by atoms with Crippen LogP contribution in [0.15, 0.2) is 36.9 Å². The van der Waals surface area contributed by atoms with Gasteiger partial charge in [0.15, 0.2) is 0 Å². The standard InChI is InChI=1S/C40H59F3N6O7S/c1-11-18-44-34(52)32(50)27(16-17-40(41,42)43)45-33(51)31-29-26(39(29,8)9)21-49(31)35(53)30(25-19-23-14-12-13-15-24(23)20-25)47-36(54)46-28(37(2,3)4)22-48(10)57(55,56)38(5,6)7/h11-15,25-31H,1,16-22H2,2-10H3,(H,44,52)(H,45,51)(H2,46,47,54)/t26-,27?,28+,29-,30-,31-/m0/s1. The summed E-state index contributed by atoms with van der Waals surface area (Å²) in [6.07, 6.45) is -4.86. The van der Waals surface area contributed by atoms with Crippen LogP contribution >= 0.6 is 0 Å². The van der Waals surface area contributed by atoms with Gasteiger partial charge in [0.1, 0.15) is 12.1 Å². The number of carbonyl (C=O) groups excluding carboxylic acids is 5. The SMILES string of the molecule is C=CCNC(=O)C(=O)C(CCC(F)(F)F)NC(=O)[C@@H]1[C@@H]2[C@H](CN1C(=O)[C@@H](NC(=O)N[C@H](CN(C)S(=O)(=O)C(C)(C)C)C(C)(C)C)C1Cc3ccccc3C1)C2(C)C. The van der Waals surface area contributed by atoms with Crippen LogP contribution in [-0.4, -0.2) is 109 Å². The Bertz CT molecular complexity index is 1810. The number of hydrogen-bond acceptors (Lipinski definition) is 7. The molecule has 17 heteroatoms. The van der Waals surface area contributed by atoms with Crippen LogP contribution in [0.5, 0.6) is 0 Å². The number of carbonyl (C=O) groups is 5. The zero-order chi connectivity index (χ0) is 43.1. The number of ketones is 1. The molecule has 2 aliphatic carbocycles. The molecule has 13 nitrogen and oxygen atoms in total. The third-order valence-corrected chi connectivity index (χ3v) is 14.3. The summed E-state index contributed by atoms with van der Waals surface area (Å²) in [6.45, 7) is 17.5. The van der Waals surface area contributed by atoms with Crippen LogP contribution in [0.4, 0.5) is 18.0 Å². The lowest BCUT2D eigenvalue weighted by Gasteiger charge is -2.38. The first-order valence-electron chi connectivity index (χ1n) is 19.3. The van der Waals surface area contributed by atoms with Crippen LogP contribution in [0, 0.1) is 28.6 Å². The number of benzene rings is 1. The highest BCUT2D eigenvalue weighted by Crippen LogP contribution is 2.65. The number of nitrogens with one attached hydrogen (secondary N) is 4. The number of amides is 5. The smallest absolute Gasteiger partial charge is 0.346 e. The number of Topliss-reactive ketones (excluding diaryl/α,β-unsaturated/α-hetero) is 1. The molecule has 0 radical (unpaired) electrons. The maximum Gasteiger partial charge on any atom is 0.389 e. The summed E-state index contributed by atoms with van der Waals surface area (Å²) < 4.78 is 66.6. The van der Waals surface area contributed by atoms with Crippen molar-refractivity contribution in [1.82, 2.24) is 30.5 Å². The second kappa shape index (κ2) is 16.7. The molecule has 1 aromatic rings. The number of nitrogens with zero attached hydrogens (tertiary/aromatic N) is 2. The Labute approximate surface area is 334 Å². The van der Waals surface area contributed by atoms with Gasteiger partial charge in [-0.2, -0.15) is 13.2 Å². The molecular weight excluding hydrogens is 766 g/mol. The Morgan fingerprint density at radius 1 is 0.982 bits per heavy atom. The van der Waals surface area contributed by atoms with E-state index in [0.29, 0.717) is 12.8 Å². The molecule has 1 aromatic carbocycles. The molecule has 57 heavy (non-hydrogen) atoms. The quantitative estimate of drug-likeness (QED) is 0.154. The number of urea groups is 1. The van der Waals surface area contributed by atoms with E-state index in [4.69, 9.17) is 0 Å². The van der Waals surface area contributed by atoms with Crippen LogP contribution in [0.3, 0.4) is 0 Å². The summed E-state index contributed by atoms with van der Waals surface area (Å²) in [5, 5.41) is 10.4. The molecular formula is C40H59F3N6O7S. The lowest BCUT2D eigenvalue weighted by molar-refractivity contribution is -0.147. The fourth-order valence-electron chi connectivity index (χ4n) is 8.15. The lowest BCUT2D eigenvalue weighted by atomic mass is 9.86. The first-order valence-corrected chi connectivity index (χ1v) is 20.8. The second-order valence-corrected chi connectivity index (χ2v) is 21.1. The Morgan fingerprint density at radius 2 is 1.56 bits per heavy atom. The van der Waals surface area contributed by atoms with Crippen LogP contribution in [0.2, 0.25) is 0 Å². The third-order valence-electron chi connectivity index (χ3n) is 11.8. The number of rotatable bonds is 15. The van der Waals surface area contributed by atoms with E-state index in [9.17, 15) is 45.6 Å². The van der Waals surface area contributed by atoms with Gasteiger partial charge in [-0.3, -0.25) is 19.2 Å². The maximum absolute atomic E-state index is 14.8. The van der Waals surface area contributed by atoms with Gasteiger partial charge in [0.25, 0.3) is 5.91 Å². The number of halogens is 3. The highest BCUT2D eigenvalue weighted by molar-refractivity contribution is 7.90. The molecule has 1 saturated heterocycles. The highest BCUT2D eigenvalue weighted by atomic mass is 32.2. The molecule has 1 heterocycles. The number of hydrogen-bond donors (Lipinski definition) is 4. The van der Waals surface area contributed by atoms with Gasteiger partial charge < -0.3 is 26.2 Å². The molecule has 0 bridgehead atoms. The largest absolute Gasteiger partial charge is 0.389 e. The topological polar surface area (TPSA) is 174 Å². The van der Waals surface area contributed by atoms with Gasteiger partial charge in [0.2, 0.25) is 27.6 Å². The molecule has 0 aromatic heterocycles. The number of piperidine rings is 1. The molecule has 6 atom stereocenters. The average molecular weight is 825 g/mol. The minimum Gasteiger partial charge on any atom is -0.346 e. The molecule has 2 fully saturated rings. The van der Waals surface area contributed by atoms with Gasteiger partial charge >= 0.3 is 12.2 Å². The van der Waals surface area contributed by atoms with Crippen LogP contribution in [-0.2, 0) is 42.0 Å². The minimum absolute atomic E-state index is 0.0589. The van der Waals surface area contributed by atoms with E-state index < -0.39 is 110 Å². The summed E-state index contributed by atoms with van der Waals surface area (Å²) in [6, 6.07) is 2.00. The Kier molecular flexibility index (Phi) is 13.4. The molecule has 4 N–H and O–H groups in total. The van der Waals surface area contributed by atoms with E-state index in [0.717, 1.165) is 11.1 Å². The zero-order valence-corrected chi connectivity index (χ0v) is 35.2. The fourth-order valence-corrected chi connectivity index (χ4v) is 9.43. The molecule has 1 saturated carbocycles.